The summed E-state index contributed by atoms with van der Waals surface area (Å²) in [6.07, 6.45) is 4.22. The van der Waals surface area contributed by atoms with E-state index in [1.165, 1.54) is 23.0 Å². The fourth-order valence-corrected chi connectivity index (χ4v) is 5.97. The highest BCUT2D eigenvalue weighted by Gasteiger charge is 2.25. The molecule has 0 radical (unpaired) electrons. The van der Waals surface area contributed by atoms with Crippen LogP contribution in [0.3, 0.4) is 0 Å². The molecule has 2 aliphatic heterocycles. The van der Waals surface area contributed by atoms with Crippen LogP contribution in [-0.2, 0) is 24.4 Å². The summed E-state index contributed by atoms with van der Waals surface area (Å²) < 4.78 is 27.9. The quantitative estimate of drug-likeness (QED) is 0.291. The van der Waals surface area contributed by atoms with Gasteiger partial charge in [-0.2, -0.15) is 5.26 Å². The topological polar surface area (TPSA) is 101 Å². The van der Waals surface area contributed by atoms with Crippen molar-refractivity contribution in [3.63, 3.8) is 0 Å². The predicted octanol–water partition coefficient (Wildman–Crippen LogP) is 5.46. The average Bonchev–Trinajstić information content (AvgIpc) is 3.49. The van der Waals surface area contributed by atoms with E-state index in [1.807, 2.05) is 24.3 Å². The molecular formula is C30H27FN4O4S. The van der Waals surface area contributed by atoms with Gasteiger partial charge in [-0.1, -0.05) is 24.3 Å². The Kier molecular flexibility index (Phi) is 7.34. The number of nitrogens with zero attached hydrogens (tertiary/aromatic N) is 4. The van der Waals surface area contributed by atoms with E-state index in [2.05, 4.69) is 21.6 Å². The van der Waals surface area contributed by atoms with Crippen molar-refractivity contribution in [1.29, 1.82) is 5.26 Å². The van der Waals surface area contributed by atoms with Crippen LogP contribution >= 0.6 is 11.3 Å². The van der Waals surface area contributed by atoms with Gasteiger partial charge in [-0.05, 0) is 54.3 Å². The fourth-order valence-electron chi connectivity index (χ4n) is 5.01. The van der Waals surface area contributed by atoms with Crippen molar-refractivity contribution in [3.05, 3.63) is 87.8 Å². The van der Waals surface area contributed by atoms with Crippen molar-refractivity contribution >= 4 is 33.2 Å². The molecular weight excluding hydrogens is 531 g/mol. The minimum absolute atomic E-state index is 0.0811. The van der Waals surface area contributed by atoms with Crippen molar-refractivity contribution in [1.82, 2.24) is 14.5 Å². The maximum Gasteiger partial charge on any atom is 0.346 e. The van der Waals surface area contributed by atoms with Crippen LogP contribution in [0.1, 0.15) is 45.0 Å². The van der Waals surface area contributed by atoms with Gasteiger partial charge in [0, 0.05) is 25.3 Å². The molecule has 0 spiro atoms. The van der Waals surface area contributed by atoms with Crippen LogP contribution < -0.4 is 4.74 Å². The van der Waals surface area contributed by atoms with Crippen LogP contribution in [0.2, 0.25) is 0 Å². The first kappa shape index (κ1) is 26.2. The molecule has 0 unspecified atom stereocenters. The van der Waals surface area contributed by atoms with E-state index >= 15 is 0 Å². The van der Waals surface area contributed by atoms with Gasteiger partial charge in [0.25, 0.3) is 0 Å². The summed E-state index contributed by atoms with van der Waals surface area (Å²) in [4.78, 5) is 19.8. The summed E-state index contributed by atoms with van der Waals surface area (Å²) in [6.45, 7) is 3.81. The molecule has 6 rings (SSSR count). The van der Waals surface area contributed by atoms with Gasteiger partial charge in [-0.25, -0.2) is 14.2 Å². The number of rotatable bonds is 9. The molecule has 1 fully saturated rings. The lowest BCUT2D eigenvalue weighted by Crippen LogP contribution is -2.33. The van der Waals surface area contributed by atoms with Gasteiger partial charge in [0.05, 0.1) is 30.8 Å². The number of hydrogen-bond donors (Lipinski definition) is 1. The van der Waals surface area contributed by atoms with E-state index in [4.69, 9.17) is 19.7 Å². The van der Waals surface area contributed by atoms with Crippen molar-refractivity contribution in [2.24, 2.45) is 0 Å². The van der Waals surface area contributed by atoms with Crippen molar-refractivity contribution < 1.29 is 23.8 Å². The number of carbonyl (C=O) groups is 1. The predicted molar refractivity (Wildman–Crippen MR) is 149 cm³/mol. The molecule has 8 nitrogen and oxygen atoms in total. The second kappa shape index (κ2) is 11.2. The normalized spacial score (nSPS) is 17.3. The summed E-state index contributed by atoms with van der Waals surface area (Å²) in [6, 6.07) is 15.8. The van der Waals surface area contributed by atoms with Crippen LogP contribution in [0.5, 0.6) is 5.75 Å². The summed E-state index contributed by atoms with van der Waals surface area (Å²) in [5.41, 5.74) is 3.71. The van der Waals surface area contributed by atoms with Crippen molar-refractivity contribution in [2.75, 3.05) is 19.7 Å². The monoisotopic (exact) mass is 558 g/mol. The first-order chi connectivity index (χ1) is 19.5. The average molecular weight is 559 g/mol. The highest BCUT2D eigenvalue weighted by atomic mass is 32.1. The molecule has 204 valence electrons. The van der Waals surface area contributed by atoms with Gasteiger partial charge in [-0.15, -0.1) is 11.3 Å². The Labute approximate surface area is 234 Å². The minimum Gasteiger partial charge on any atom is -0.489 e. The molecule has 10 heteroatoms. The highest BCUT2D eigenvalue weighted by molar-refractivity contribution is 7.20. The lowest BCUT2D eigenvalue weighted by atomic mass is 9.99. The molecule has 0 amide bonds. The van der Waals surface area contributed by atoms with E-state index in [0.29, 0.717) is 29.3 Å². The number of nitriles is 1. The van der Waals surface area contributed by atoms with Crippen molar-refractivity contribution in [3.8, 4) is 11.8 Å². The van der Waals surface area contributed by atoms with Crippen molar-refractivity contribution in [2.45, 2.75) is 38.6 Å². The first-order valence-corrected chi connectivity index (χ1v) is 14.0. The molecule has 4 aromatic rings. The van der Waals surface area contributed by atoms with E-state index in [1.54, 1.807) is 18.2 Å². The zero-order valence-corrected chi connectivity index (χ0v) is 22.5. The van der Waals surface area contributed by atoms with Gasteiger partial charge < -0.3 is 19.1 Å². The number of hydrogen-bond acceptors (Lipinski definition) is 7. The standard InChI is InChI=1S/C30H27FN4O4S/c31-25-12-19(15-32)4-5-22(25)18-39-23-3-1-2-21(13-23)20-6-9-34(10-7-20)17-28-33-26-14-27(30(36)37)40-29(26)35(28)16-24-8-11-38-24/h1-6,12-14,24H,7-11,16-18H2,(H,36,37)/t24-/m0/s1. The third-order valence-corrected chi connectivity index (χ3v) is 8.47. The second-order valence-corrected chi connectivity index (χ2v) is 11.0. The van der Waals surface area contributed by atoms with Gasteiger partial charge in [0.15, 0.2) is 0 Å². The molecule has 2 aliphatic rings. The zero-order valence-electron chi connectivity index (χ0n) is 21.7. The molecule has 4 heterocycles. The zero-order chi connectivity index (χ0) is 27.6. The highest BCUT2D eigenvalue weighted by Crippen LogP contribution is 2.31. The third kappa shape index (κ3) is 5.49. The number of imidazole rings is 1. The largest absolute Gasteiger partial charge is 0.489 e. The van der Waals surface area contributed by atoms with Gasteiger partial charge in [-0.3, -0.25) is 4.90 Å². The molecule has 0 saturated carbocycles. The number of carboxylic acid groups (broad SMARTS) is 1. The van der Waals surface area contributed by atoms with Gasteiger partial charge >= 0.3 is 5.97 Å². The lowest BCUT2D eigenvalue weighted by Gasteiger charge is -2.29. The van der Waals surface area contributed by atoms with Crippen LogP contribution in [0.4, 0.5) is 4.39 Å². The number of aromatic nitrogens is 2. The van der Waals surface area contributed by atoms with E-state index in [-0.39, 0.29) is 18.3 Å². The third-order valence-electron chi connectivity index (χ3n) is 7.33. The van der Waals surface area contributed by atoms with Crippen LogP contribution in [0, 0.1) is 17.1 Å². The van der Waals surface area contributed by atoms with E-state index in [0.717, 1.165) is 54.3 Å². The SMILES string of the molecule is N#Cc1ccc(COc2cccc(C3=CCN(Cc4nc5cc(C(=O)O)sc5n4C[C@@H]4CCO4)CC3)c2)c(F)c1. The first-order valence-electron chi connectivity index (χ1n) is 13.1. The maximum atomic E-state index is 14.2. The number of carboxylic acids is 1. The fraction of sp³-hybridized carbons (Fsp3) is 0.300. The van der Waals surface area contributed by atoms with Crippen LogP contribution in [0.15, 0.2) is 54.6 Å². The maximum absolute atomic E-state index is 14.2. The number of fused-ring (bicyclic) bond motifs is 1. The second-order valence-electron chi connectivity index (χ2n) is 9.98. The summed E-state index contributed by atoms with van der Waals surface area (Å²) >= 11 is 1.26. The summed E-state index contributed by atoms with van der Waals surface area (Å²) in [5.74, 6) is 0.204. The Morgan fingerprint density at radius 2 is 2.15 bits per heavy atom. The molecule has 2 aromatic carbocycles. The number of benzene rings is 2. The number of aromatic carboxylic acids is 1. The molecule has 0 aliphatic carbocycles. The van der Waals surface area contributed by atoms with Gasteiger partial charge in [0.1, 0.15) is 39.2 Å². The molecule has 1 N–H and O–H groups in total. The number of ether oxygens (including phenoxy) is 2. The minimum atomic E-state index is -0.930. The van der Waals surface area contributed by atoms with Crippen LogP contribution in [0.25, 0.3) is 15.9 Å². The number of thiophene rings is 1. The molecule has 1 atom stereocenters. The van der Waals surface area contributed by atoms with Gasteiger partial charge in [0.2, 0.25) is 0 Å². The molecule has 40 heavy (non-hydrogen) atoms. The smallest absolute Gasteiger partial charge is 0.346 e. The molecule has 1 saturated heterocycles. The lowest BCUT2D eigenvalue weighted by molar-refractivity contribution is -0.0591. The Morgan fingerprint density at radius 1 is 1.27 bits per heavy atom. The summed E-state index contributed by atoms with van der Waals surface area (Å²) in [7, 11) is 0. The number of halogens is 1. The Bertz CT molecular complexity index is 1650. The van der Waals surface area contributed by atoms with E-state index < -0.39 is 11.8 Å². The van der Waals surface area contributed by atoms with Crippen LogP contribution in [-0.4, -0.2) is 51.3 Å². The summed E-state index contributed by atoms with van der Waals surface area (Å²) in [5, 5.41) is 18.3. The Morgan fingerprint density at radius 3 is 2.85 bits per heavy atom. The Balaban J connectivity index is 1.12. The Hall–Kier alpha value is -4.04. The molecule has 0 bridgehead atoms. The molecule has 2 aromatic heterocycles. The van der Waals surface area contributed by atoms with E-state index in [9.17, 15) is 14.3 Å².